The van der Waals surface area contributed by atoms with E-state index in [9.17, 15) is 14.4 Å². The fourth-order valence-electron chi connectivity index (χ4n) is 2.37. The molecule has 0 saturated carbocycles. The number of hydrogen-bond acceptors (Lipinski definition) is 6. The molecule has 1 N–H and O–H groups in total. The van der Waals surface area contributed by atoms with Crippen molar-refractivity contribution in [3.63, 3.8) is 0 Å². The fourth-order valence-corrected chi connectivity index (χ4v) is 5.23. The molecule has 0 aliphatic carbocycles. The molecule has 0 radical (unpaired) electrons. The number of carbonyl (C=O) groups is 3. The van der Waals surface area contributed by atoms with E-state index in [1.54, 1.807) is 42.5 Å². The molecule has 5 nitrogen and oxygen atoms in total. The summed E-state index contributed by atoms with van der Waals surface area (Å²) in [6.45, 7) is -0.506. The molecule has 2 aromatic carbocycles. The van der Waals surface area contributed by atoms with Gasteiger partial charge in [0.25, 0.3) is 11.8 Å². The number of ether oxygens (including phenoxy) is 1. The third-order valence-corrected chi connectivity index (χ3v) is 6.77. The normalized spacial score (nSPS) is 14.0. The van der Waals surface area contributed by atoms with E-state index in [4.69, 9.17) is 4.74 Å². The summed E-state index contributed by atoms with van der Waals surface area (Å²) in [6.07, 6.45) is 0. The average molecular weight is 387 g/mol. The number of nitrogens with one attached hydrogen (secondary N) is 1. The lowest BCUT2D eigenvalue weighted by molar-refractivity contribution is -0.123. The Balaban J connectivity index is 1.48. The number of hydrogen-bond donors (Lipinski definition) is 1. The number of amides is 2. The molecular weight excluding hydrogens is 370 g/mol. The minimum absolute atomic E-state index is 0.366. The second kappa shape index (κ2) is 8.91. The van der Waals surface area contributed by atoms with E-state index in [2.05, 4.69) is 5.32 Å². The van der Waals surface area contributed by atoms with E-state index in [1.165, 1.54) is 5.56 Å². The van der Waals surface area contributed by atoms with Crippen LogP contribution < -0.4 is 5.32 Å². The van der Waals surface area contributed by atoms with Crippen LogP contribution in [0.2, 0.25) is 0 Å². The average Bonchev–Trinajstić information content (AvgIpc) is 3.21. The highest BCUT2D eigenvalue weighted by atomic mass is 32.2. The summed E-state index contributed by atoms with van der Waals surface area (Å²) < 4.78 is 5.39. The molecule has 1 aliphatic heterocycles. The molecule has 2 amide bonds. The van der Waals surface area contributed by atoms with Crippen LogP contribution in [0, 0.1) is 0 Å². The van der Waals surface area contributed by atoms with Gasteiger partial charge in [-0.15, -0.1) is 23.5 Å². The zero-order valence-electron chi connectivity index (χ0n) is 13.8. The molecule has 134 valence electrons. The van der Waals surface area contributed by atoms with Crippen LogP contribution in [0.1, 0.15) is 30.9 Å². The summed E-state index contributed by atoms with van der Waals surface area (Å²) in [5, 5.41) is 2.19. The van der Waals surface area contributed by atoms with Crippen LogP contribution in [0.15, 0.2) is 54.6 Å². The first-order valence-corrected chi connectivity index (χ1v) is 10.1. The predicted molar refractivity (Wildman–Crippen MR) is 103 cm³/mol. The highest BCUT2D eigenvalue weighted by molar-refractivity contribution is 8.19. The van der Waals surface area contributed by atoms with Gasteiger partial charge in [-0.3, -0.25) is 14.9 Å². The molecule has 2 aromatic rings. The number of carbonyl (C=O) groups excluding carboxylic acids is 3. The van der Waals surface area contributed by atoms with Crippen molar-refractivity contribution in [3.8, 4) is 0 Å². The van der Waals surface area contributed by atoms with E-state index >= 15 is 0 Å². The van der Waals surface area contributed by atoms with Gasteiger partial charge >= 0.3 is 5.97 Å². The summed E-state index contributed by atoms with van der Waals surface area (Å²) >= 11 is 3.78. The Morgan fingerprint density at radius 2 is 1.58 bits per heavy atom. The van der Waals surface area contributed by atoms with Gasteiger partial charge < -0.3 is 4.74 Å². The van der Waals surface area contributed by atoms with Gasteiger partial charge in [0.2, 0.25) is 0 Å². The van der Waals surface area contributed by atoms with Crippen LogP contribution in [0.4, 0.5) is 0 Å². The first-order chi connectivity index (χ1) is 12.6. The van der Waals surface area contributed by atoms with Crippen molar-refractivity contribution in [2.24, 2.45) is 0 Å². The van der Waals surface area contributed by atoms with Gasteiger partial charge in [-0.25, -0.2) is 4.79 Å². The predicted octanol–water partition coefficient (Wildman–Crippen LogP) is 3.28. The minimum atomic E-state index is -0.664. The third kappa shape index (κ3) is 4.89. The van der Waals surface area contributed by atoms with Crippen LogP contribution in [0.3, 0.4) is 0 Å². The smallest absolute Gasteiger partial charge is 0.338 e. The Morgan fingerprint density at radius 3 is 2.23 bits per heavy atom. The van der Waals surface area contributed by atoms with Crippen LogP contribution >= 0.6 is 23.5 Å². The van der Waals surface area contributed by atoms with Crippen molar-refractivity contribution in [2.75, 3.05) is 18.1 Å². The maximum atomic E-state index is 12.0. The maximum Gasteiger partial charge on any atom is 0.338 e. The Labute approximate surface area is 159 Å². The van der Waals surface area contributed by atoms with Gasteiger partial charge in [0.05, 0.1) is 10.1 Å². The molecule has 1 fully saturated rings. The van der Waals surface area contributed by atoms with Crippen LogP contribution in [-0.2, 0) is 9.53 Å². The van der Waals surface area contributed by atoms with Gasteiger partial charge in [-0.05, 0) is 29.8 Å². The van der Waals surface area contributed by atoms with Crippen molar-refractivity contribution in [1.29, 1.82) is 0 Å². The molecule has 7 heteroatoms. The number of esters is 1. The molecular formula is C19H17NO4S2. The third-order valence-electron chi connectivity index (χ3n) is 3.66. The van der Waals surface area contributed by atoms with Gasteiger partial charge in [-0.1, -0.05) is 30.3 Å². The van der Waals surface area contributed by atoms with Crippen molar-refractivity contribution in [2.45, 2.75) is 4.58 Å². The molecule has 3 rings (SSSR count). The zero-order chi connectivity index (χ0) is 18.4. The quantitative estimate of drug-likeness (QED) is 0.794. The summed E-state index contributed by atoms with van der Waals surface area (Å²) in [7, 11) is 0. The van der Waals surface area contributed by atoms with Gasteiger partial charge in [0.1, 0.15) is 0 Å². The maximum absolute atomic E-state index is 12.0. The van der Waals surface area contributed by atoms with E-state index in [1.807, 2.05) is 35.7 Å². The van der Waals surface area contributed by atoms with Gasteiger partial charge in [0, 0.05) is 17.1 Å². The molecule has 0 spiro atoms. The Morgan fingerprint density at radius 1 is 0.923 bits per heavy atom. The second-order valence-electron chi connectivity index (χ2n) is 5.51. The first-order valence-electron chi connectivity index (χ1n) is 8.03. The van der Waals surface area contributed by atoms with Crippen molar-refractivity contribution >= 4 is 41.3 Å². The highest BCUT2D eigenvalue weighted by Gasteiger charge is 2.19. The number of thioether (sulfide) groups is 2. The lowest BCUT2D eigenvalue weighted by atomic mass is 10.1. The molecule has 0 aromatic heterocycles. The number of rotatable bonds is 5. The van der Waals surface area contributed by atoms with Crippen LogP contribution in [-0.4, -0.2) is 35.9 Å². The summed E-state index contributed by atoms with van der Waals surface area (Å²) in [4.78, 5) is 35.7. The SMILES string of the molecule is O=C(COC(=O)c1ccc(C2SCCS2)cc1)NC(=O)c1ccccc1. The number of benzene rings is 2. The molecule has 0 unspecified atom stereocenters. The standard InChI is InChI=1S/C19H17NO4S2/c21-16(20-17(22)13-4-2-1-3-5-13)12-24-18(23)14-6-8-15(9-7-14)19-25-10-11-26-19/h1-9,19H,10-12H2,(H,20,21,22). The Hall–Kier alpha value is -2.25. The zero-order valence-corrected chi connectivity index (χ0v) is 15.5. The first kappa shape index (κ1) is 18.5. The van der Waals surface area contributed by atoms with E-state index in [0.717, 1.165) is 11.5 Å². The molecule has 0 atom stereocenters. The summed E-state index contributed by atoms with van der Waals surface area (Å²) in [5.41, 5.74) is 1.91. The van der Waals surface area contributed by atoms with E-state index < -0.39 is 24.4 Å². The molecule has 0 bridgehead atoms. The molecule has 26 heavy (non-hydrogen) atoms. The van der Waals surface area contributed by atoms with Gasteiger partial charge in [0.15, 0.2) is 6.61 Å². The number of imide groups is 1. The van der Waals surface area contributed by atoms with E-state index in [0.29, 0.717) is 15.7 Å². The van der Waals surface area contributed by atoms with Crippen LogP contribution in [0.25, 0.3) is 0 Å². The second-order valence-corrected chi connectivity index (χ2v) is 8.24. The van der Waals surface area contributed by atoms with Gasteiger partial charge in [-0.2, -0.15) is 0 Å². The lowest BCUT2D eigenvalue weighted by Gasteiger charge is -2.09. The Bertz CT molecular complexity index is 787. The monoisotopic (exact) mass is 387 g/mol. The van der Waals surface area contributed by atoms with Crippen molar-refractivity contribution < 1.29 is 19.1 Å². The summed E-state index contributed by atoms with van der Waals surface area (Å²) in [6, 6.07) is 15.6. The highest BCUT2D eigenvalue weighted by Crippen LogP contribution is 2.45. The van der Waals surface area contributed by atoms with Crippen LogP contribution in [0.5, 0.6) is 0 Å². The largest absolute Gasteiger partial charge is 0.452 e. The van der Waals surface area contributed by atoms with Crippen molar-refractivity contribution in [1.82, 2.24) is 5.32 Å². The van der Waals surface area contributed by atoms with E-state index in [-0.39, 0.29) is 0 Å². The molecule has 1 heterocycles. The topological polar surface area (TPSA) is 72.5 Å². The minimum Gasteiger partial charge on any atom is -0.452 e. The van der Waals surface area contributed by atoms with Crippen molar-refractivity contribution in [3.05, 3.63) is 71.3 Å². The molecule has 1 aliphatic rings. The molecule has 1 saturated heterocycles. The summed E-state index contributed by atoms with van der Waals surface area (Å²) in [5.74, 6) is 0.488. The Kier molecular flexibility index (Phi) is 6.35. The fraction of sp³-hybridized carbons (Fsp3) is 0.211. The lowest BCUT2D eigenvalue weighted by Crippen LogP contribution is -2.34.